The highest BCUT2D eigenvalue weighted by Crippen LogP contribution is 2.06. The van der Waals surface area contributed by atoms with Crippen molar-refractivity contribution < 1.29 is 9.90 Å². The zero-order valence-electron chi connectivity index (χ0n) is 9.35. The van der Waals surface area contributed by atoms with E-state index in [-0.39, 0.29) is 18.6 Å². The molecule has 1 amide bonds. The lowest BCUT2D eigenvalue weighted by Gasteiger charge is -2.25. The fraction of sp³-hybridized carbons (Fsp3) is 0.900. The van der Waals surface area contributed by atoms with Crippen LogP contribution in [0.2, 0.25) is 0 Å². The lowest BCUT2D eigenvalue weighted by Crippen LogP contribution is -2.44. The predicted molar refractivity (Wildman–Crippen MR) is 58.4 cm³/mol. The Morgan fingerprint density at radius 1 is 1.40 bits per heavy atom. The van der Waals surface area contributed by atoms with Gasteiger partial charge in [0.25, 0.3) is 0 Å². The third-order valence-electron chi connectivity index (χ3n) is 3.00. The van der Waals surface area contributed by atoms with Gasteiger partial charge in [0, 0.05) is 26.2 Å². The second-order valence-corrected chi connectivity index (χ2v) is 4.03. The number of hydrogen-bond donors (Lipinski definition) is 2. The van der Waals surface area contributed by atoms with Crippen molar-refractivity contribution in [2.75, 3.05) is 39.3 Å². The summed E-state index contributed by atoms with van der Waals surface area (Å²) in [5, 5.41) is 8.84. The molecule has 1 unspecified atom stereocenters. The summed E-state index contributed by atoms with van der Waals surface area (Å²) in [5.41, 5.74) is 5.28. The Balaban J connectivity index is 2.41. The maximum atomic E-state index is 11.0. The minimum atomic E-state index is -0.259. The number of carbonyl (C=O) groups excluding carboxylic acids is 1. The van der Waals surface area contributed by atoms with Gasteiger partial charge in [0.2, 0.25) is 5.91 Å². The van der Waals surface area contributed by atoms with Gasteiger partial charge in [-0.1, -0.05) is 0 Å². The van der Waals surface area contributed by atoms with E-state index in [0.717, 1.165) is 39.1 Å². The van der Waals surface area contributed by atoms with Crippen LogP contribution in [-0.2, 0) is 4.79 Å². The molecule has 5 nitrogen and oxygen atoms in total. The van der Waals surface area contributed by atoms with Gasteiger partial charge in [-0.05, 0) is 19.9 Å². The van der Waals surface area contributed by atoms with E-state index in [1.165, 1.54) is 0 Å². The van der Waals surface area contributed by atoms with E-state index >= 15 is 0 Å². The summed E-state index contributed by atoms with van der Waals surface area (Å²) >= 11 is 0. The average molecular weight is 215 g/mol. The van der Waals surface area contributed by atoms with Crippen molar-refractivity contribution in [1.82, 2.24) is 9.80 Å². The van der Waals surface area contributed by atoms with Crippen molar-refractivity contribution in [2.24, 2.45) is 5.73 Å². The van der Waals surface area contributed by atoms with Gasteiger partial charge < -0.3 is 10.8 Å². The number of carbonyl (C=O) groups is 1. The van der Waals surface area contributed by atoms with Crippen molar-refractivity contribution in [1.29, 1.82) is 0 Å². The van der Waals surface area contributed by atoms with Crippen molar-refractivity contribution in [3.8, 4) is 0 Å². The maximum Gasteiger partial charge on any atom is 0.234 e. The molecule has 3 N–H and O–H groups in total. The minimum absolute atomic E-state index is 0.181. The molecule has 1 heterocycles. The molecule has 0 bridgehead atoms. The Kier molecular flexibility index (Phi) is 5.01. The van der Waals surface area contributed by atoms with Crippen molar-refractivity contribution in [2.45, 2.75) is 19.4 Å². The molecular weight excluding hydrogens is 194 g/mol. The van der Waals surface area contributed by atoms with E-state index in [9.17, 15) is 4.79 Å². The Hall–Kier alpha value is -0.650. The van der Waals surface area contributed by atoms with Crippen molar-refractivity contribution >= 4 is 5.91 Å². The number of primary amides is 1. The molecular formula is C10H21N3O2. The molecule has 0 aromatic carbocycles. The van der Waals surface area contributed by atoms with Crippen LogP contribution in [0.5, 0.6) is 0 Å². The van der Waals surface area contributed by atoms with Crippen LogP contribution < -0.4 is 5.73 Å². The monoisotopic (exact) mass is 215 g/mol. The van der Waals surface area contributed by atoms with Gasteiger partial charge in [-0.2, -0.15) is 0 Å². The molecule has 0 aromatic heterocycles. The first-order chi connectivity index (χ1) is 7.15. The molecule has 1 fully saturated rings. The highest BCUT2D eigenvalue weighted by Gasteiger charge is 2.21. The van der Waals surface area contributed by atoms with Crippen LogP contribution in [0.15, 0.2) is 0 Å². The first-order valence-electron chi connectivity index (χ1n) is 5.51. The lowest BCUT2D eigenvalue weighted by atomic mass is 10.2. The predicted octanol–water partition coefficient (Wildman–Crippen LogP) is -1.14. The summed E-state index contributed by atoms with van der Waals surface area (Å²) < 4.78 is 0. The summed E-state index contributed by atoms with van der Waals surface area (Å²) in [5.74, 6) is -0.259. The van der Waals surface area contributed by atoms with Crippen LogP contribution in [-0.4, -0.2) is 66.2 Å². The molecule has 0 spiro atoms. The summed E-state index contributed by atoms with van der Waals surface area (Å²) in [7, 11) is 0. The molecule has 5 heteroatoms. The zero-order chi connectivity index (χ0) is 11.3. The summed E-state index contributed by atoms with van der Waals surface area (Å²) in [6, 6.07) is -0.181. The van der Waals surface area contributed by atoms with Crippen LogP contribution in [0.1, 0.15) is 13.3 Å². The number of nitrogens with two attached hydrogens (primary N) is 1. The third kappa shape index (κ3) is 3.77. The highest BCUT2D eigenvalue weighted by molar-refractivity contribution is 5.79. The second kappa shape index (κ2) is 6.05. The largest absolute Gasteiger partial charge is 0.395 e. The third-order valence-corrected chi connectivity index (χ3v) is 3.00. The van der Waals surface area contributed by atoms with Gasteiger partial charge in [-0.3, -0.25) is 14.6 Å². The zero-order valence-corrected chi connectivity index (χ0v) is 9.35. The van der Waals surface area contributed by atoms with E-state index in [4.69, 9.17) is 10.8 Å². The molecule has 1 aliphatic rings. The van der Waals surface area contributed by atoms with Crippen LogP contribution >= 0.6 is 0 Å². The molecule has 1 saturated heterocycles. The molecule has 88 valence electrons. The number of amides is 1. The van der Waals surface area contributed by atoms with E-state index in [1.54, 1.807) is 0 Å². The normalized spacial score (nSPS) is 22.3. The number of aliphatic hydroxyl groups excluding tert-OH is 1. The van der Waals surface area contributed by atoms with E-state index < -0.39 is 0 Å². The highest BCUT2D eigenvalue weighted by atomic mass is 16.3. The SMILES string of the molecule is CC(C(N)=O)N1CCCN(CCO)CC1. The van der Waals surface area contributed by atoms with Gasteiger partial charge >= 0.3 is 0 Å². The van der Waals surface area contributed by atoms with Gasteiger partial charge in [-0.15, -0.1) is 0 Å². The van der Waals surface area contributed by atoms with Crippen molar-refractivity contribution in [3.05, 3.63) is 0 Å². The molecule has 1 aliphatic heterocycles. The molecule has 0 saturated carbocycles. The Labute approximate surface area is 90.8 Å². The van der Waals surface area contributed by atoms with Crippen LogP contribution in [0, 0.1) is 0 Å². The quantitative estimate of drug-likeness (QED) is 0.622. The van der Waals surface area contributed by atoms with E-state index in [0.29, 0.717) is 0 Å². The Bertz CT molecular complexity index is 211. The first kappa shape index (κ1) is 12.4. The Morgan fingerprint density at radius 3 is 2.73 bits per heavy atom. The maximum absolute atomic E-state index is 11.0. The standard InChI is InChI=1S/C10H21N3O2/c1-9(10(11)15)13-4-2-3-12(5-6-13)7-8-14/h9,14H,2-8H2,1H3,(H2,11,15). The molecule has 15 heavy (non-hydrogen) atoms. The van der Waals surface area contributed by atoms with Crippen molar-refractivity contribution in [3.63, 3.8) is 0 Å². The Morgan fingerprint density at radius 2 is 2.13 bits per heavy atom. The van der Waals surface area contributed by atoms with Crippen LogP contribution in [0.3, 0.4) is 0 Å². The topological polar surface area (TPSA) is 69.8 Å². The number of nitrogens with zero attached hydrogens (tertiary/aromatic N) is 2. The minimum Gasteiger partial charge on any atom is -0.395 e. The molecule has 0 aromatic rings. The summed E-state index contributed by atoms with van der Waals surface area (Å²) in [6.07, 6.45) is 1.03. The summed E-state index contributed by atoms with van der Waals surface area (Å²) in [4.78, 5) is 15.4. The molecule has 1 rings (SSSR count). The molecule has 0 aliphatic carbocycles. The number of hydrogen-bond acceptors (Lipinski definition) is 4. The average Bonchev–Trinajstić information content (AvgIpc) is 2.43. The molecule has 0 radical (unpaired) electrons. The van der Waals surface area contributed by atoms with Gasteiger partial charge in [0.1, 0.15) is 0 Å². The lowest BCUT2D eigenvalue weighted by molar-refractivity contribution is -0.122. The molecule has 1 atom stereocenters. The number of β-amino-alcohol motifs (C(OH)–C–C–N with tert-alkyl or cyclic N) is 1. The van der Waals surface area contributed by atoms with Gasteiger partial charge in [0.05, 0.1) is 12.6 Å². The fourth-order valence-electron chi connectivity index (χ4n) is 1.92. The van der Waals surface area contributed by atoms with Crippen LogP contribution in [0.4, 0.5) is 0 Å². The van der Waals surface area contributed by atoms with Gasteiger partial charge in [0.15, 0.2) is 0 Å². The smallest absolute Gasteiger partial charge is 0.234 e. The second-order valence-electron chi connectivity index (χ2n) is 4.03. The number of aliphatic hydroxyl groups is 1. The first-order valence-corrected chi connectivity index (χ1v) is 5.51. The fourth-order valence-corrected chi connectivity index (χ4v) is 1.92. The van der Waals surface area contributed by atoms with E-state index in [1.807, 2.05) is 6.92 Å². The summed E-state index contributed by atoms with van der Waals surface area (Å²) in [6.45, 7) is 6.42. The van der Waals surface area contributed by atoms with E-state index in [2.05, 4.69) is 9.80 Å². The van der Waals surface area contributed by atoms with Gasteiger partial charge in [-0.25, -0.2) is 0 Å². The van der Waals surface area contributed by atoms with Crippen LogP contribution in [0.25, 0.3) is 0 Å². The number of rotatable bonds is 4.